The van der Waals surface area contributed by atoms with E-state index in [4.69, 9.17) is 5.73 Å². The highest BCUT2D eigenvalue weighted by Gasteiger charge is 2.10. The first-order valence-electron chi connectivity index (χ1n) is 5.20. The van der Waals surface area contributed by atoms with E-state index in [0.717, 1.165) is 15.7 Å². The van der Waals surface area contributed by atoms with Crippen LogP contribution in [0.5, 0.6) is 0 Å². The summed E-state index contributed by atoms with van der Waals surface area (Å²) in [6, 6.07) is 6.33. The smallest absolute Gasteiger partial charge is 0.269 e. The second-order valence-electron chi connectivity index (χ2n) is 3.87. The van der Waals surface area contributed by atoms with Crippen molar-refractivity contribution in [1.29, 1.82) is 0 Å². The number of hydrogen-bond acceptors (Lipinski definition) is 4. The molecule has 0 saturated heterocycles. The number of nitro groups is 1. The van der Waals surface area contributed by atoms with Gasteiger partial charge in [0.1, 0.15) is 5.82 Å². The van der Waals surface area contributed by atoms with Crippen molar-refractivity contribution in [3.05, 3.63) is 50.1 Å². The molecule has 0 saturated carbocycles. The molecule has 1 aromatic carbocycles. The number of hydrogen-bond donors (Lipinski definition) is 1. The van der Waals surface area contributed by atoms with Crippen LogP contribution in [0.15, 0.2) is 28.7 Å². The third-order valence-corrected chi connectivity index (χ3v) is 3.55. The van der Waals surface area contributed by atoms with Crippen LogP contribution in [0.4, 0.5) is 11.5 Å². The molecule has 0 fully saturated rings. The molecule has 18 heavy (non-hydrogen) atoms. The molecule has 0 amide bonds. The molecule has 0 aliphatic rings. The Bertz CT molecular complexity index is 592. The predicted molar refractivity (Wildman–Crippen MR) is 71.3 cm³/mol. The lowest BCUT2D eigenvalue weighted by atomic mass is 10.2. The standard InChI is InChI=1S/C11H11BrN4O2/c1-7-10(12)11(13)15(14-7)6-8-2-4-9(5-3-8)16(17)18/h2-5H,6,13H2,1H3. The summed E-state index contributed by atoms with van der Waals surface area (Å²) in [4.78, 5) is 10.1. The highest BCUT2D eigenvalue weighted by molar-refractivity contribution is 9.10. The number of non-ortho nitro benzene ring substituents is 1. The van der Waals surface area contributed by atoms with E-state index < -0.39 is 4.92 Å². The summed E-state index contributed by atoms with van der Waals surface area (Å²) in [5, 5.41) is 14.8. The molecule has 0 bridgehead atoms. The van der Waals surface area contributed by atoms with Gasteiger partial charge in [0, 0.05) is 12.1 Å². The monoisotopic (exact) mass is 310 g/mol. The van der Waals surface area contributed by atoms with Crippen LogP contribution in [0.3, 0.4) is 0 Å². The van der Waals surface area contributed by atoms with Crippen molar-refractivity contribution >= 4 is 27.4 Å². The Balaban J connectivity index is 2.23. The second kappa shape index (κ2) is 4.77. The zero-order valence-electron chi connectivity index (χ0n) is 9.63. The fourth-order valence-electron chi connectivity index (χ4n) is 1.59. The van der Waals surface area contributed by atoms with Crippen LogP contribution in [-0.4, -0.2) is 14.7 Å². The summed E-state index contributed by atoms with van der Waals surface area (Å²) in [7, 11) is 0. The van der Waals surface area contributed by atoms with E-state index in [0.29, 0.717) is 12.4 Å². The van der Waals surface area contributed by atoms with Gasteiger partial charge in [-0.15, -0.1) is 0 Å². The minimum absolute atomic E-state index is 0.0737. The Labute approximate surface area is 112 Å². The van der Waals surface area contributed by atoms with Crippen LogP contribution in [0, 0.1) is 17.0 Å². The molecule has 0 atom stereocenters. The number of benzene rings is 1. The summed E-state index contributed by atoms with van der Waals surface area (Å²) in [6.07, 6.45) is 0. The molecular weight excluding hydrogens is 300 g/mol. The zero-order chi connectivity index (χ0) is 13.3. The highest BCUT2D eigenvalue weighted by atomic mass is 79.9. The minimum atomic E-state index is -0.424. The van der Waals surface area contributed by atoms with Crippen molar-refractivity contribution in [3.8, 4) is 0 Å². The largest absolute Gasteiger partial charge is 0.383 e. The average Bonchev–Trinajstić information content (AvgIpc) is 2.58. The first-order valence-corrected chi connectivity index (χ1v) is 6.00. The van der Waals surface area contributed by atoms with Crippen molar-refractivity contribution in [1.82, 2.24) is 9.78 Å². The van der Waals surface area contributed by atoms with Gasteiger partial charge < -0.3 is 5.73 Å². The van der Waals surface area contributed by atoms with Gasteiger partial charge in [0.25, 0.3) is 5.69 Å². The fourth-order valence-corrected chi connectivity index (χ4v) is 1.88. The molecule has 1 heterocycles. The molecule has 0 aliphatic carbocycles. The minimum Gasteiger partial charge on any atom is -0.383 e. The van der Waals surface area contributed by atoms with Crippen LogP contribution in [-0.2, 0) is 6.54 Å². The summed E-state index contributed by atoms with van der Waals surface area (Å²) in [5.41, 5.74) is 7.67. The molecule has 2 rings (SSSR count). The summed E-state index contributed by atoms with van der Waals surface area (Å²) in [5.74, 6) is 0.547. The van der Waals surface area contributed by atoms with E-state index in [-0.39, 0.29) is 5.69 Å². The Hall–Kier alpha value is -1.89. The van der Waals surface area contributed by atoms with Crippen molar-refractivity contribution in [2.24, 2.45) is 0 Å². The van der Waals surface area contributed by atoms with Crippen LogP contribution < -0.4 is 5.73 Å². The summed E-state index contributed by atoms with van der Waals surface area (Å²) in [6.45, 7) is 2.34. The van der Waals surface area contributed by atoms with Gasteiger partial charge in [0.15, 0.2) is 0 Å². The SMILES string of the molecule is Cc1nn(Cc2ccc([N+](=O)[O-])cc2)c(N)c1Br. The fraction of sp³-hybridized carbons (Fsp3) is 0.182. The number of rotatable bonds is 3. The second-order valence-corrected chi connectivity index (χ2v) is 4.66. The molecular formula is C11H11BrN4O2. The molecule has 0 spiro atoms. The quantitative estimate of drug-likeness (QED) is 0.697. The van der Waals surface area contributed by atoms with Gasteiger partial charge in [-0.1, -0.05) is 12.1 Å². The molecule has 94 valence electrons. The molecule has 7 heteroatoms. The van der Waals surface area contributed by atoms with E-state index in [1.165, 1.54) is 12.1 Å². The van der Waals surface area contributed by atoms with Crippen LogP contribution >= 0.6 is 15.9 Å². The number of halogens is 1. The van der Waals surface area contributed by atoms with E-state index in [1.54, 1.807) is 16.8 Å². The summed E-state index contributed by atoms with van der Waals surface area (Å²) >= 11 is 3.35. The Kier molecular flexibility index (Phi) is 3.33. The molecule has 2 aromatic rings. The molecule has 6 nitrogen and oxygen atoms in total. The summed E-state index contributed by atoms with van der Waals surface area (Å²) < 4.78 is 2.44. The number of anilines is 1. The van der Waals surface area contributed by atoms with Crippen molar-refractivity contribution < 1.29 is 4.92 Å². The number of nitro benzene ring substituents is 1. The van der Waals surface area contributed by atoms with E-state index in [9.17, 15) is 10.1 Å². The van der Waals surface area contributed by atoms with Crippen LogP contribution in [0.2, 0.25) is 0 Å². The van der Waals surface area contributed by atoms with Gasteiger partial charge in [-0.3, -0.25) is 10.1 Å². The van der Waals surface area contributed by atoms with Crippen molar-refractivity contribution in [2.75, 3.05) is 5.73 Å². The first kappa shape index (κ1) is 12.6. The zero-order valence-corrected chi connectivity index (χ0v) is 11.2. The maximum atomic E-state index is 10.5. The number of aromatic nitrogens is 2. The lowest BCUT2D eigenvalue weighted by Gasteiger charge is -2.04. The Morgan fingerprint density at radius 3 is 2.50 bits per heavy atom. The molecule has 0 aliphatic heterocycles. The lowest BCUT2D eigenvalue weighted by Crippen LogP contribution is -2.06. The normalized spacial score (nSPS) is 10.6. The Morgan fingerprint density at radius 2 is 2.06 bits per heavy atom. The highest BCUT2D eigenvalue weighted by Crippen LogP contribution is 2.23. The molecule has 0 radical (unpaired) electrons. The van der Waals surface area contributed by atoms with Crippen LogP contribution in [0.1, 0.15) is 11.3 Å². The van der Waals surface area contributed by atoms with Gasteiger partial charge in [0.05, 0.1) is 21.6 Å². The van der Waals surface area contributed by atoms with Crippen molar-refractivity contribution in [3.63, 3.8) is 0 Å². The van der Waals surface area contributed by atoms with E-state index in [1.807, 2.05) is 6.92 Å². The van der Waals surface area contributed by atoms with E-state index in [2.05, 4.69) is 21.0 Å². The molecule has 2 N–H and O–H groups in total. The number of nitrogen functional groups attached to an aromatic ring is 1. The number of nitrogens with zero attached hydrogens (tertiary/aromatic N) is 3. The molecule has 1 aromatic heterocycles. The topological polar surface area (TPSA) is 87.0 Å². The predicted octanol–water partition coefficient (Wildman–Crippen LogP) is 2.49. The third kappa shape index (κ3) is 2.35. The average molecular weight is 311 g/mol. The first-order chi connectivity index (χ1) is 8.49. The van der Waals surface area contributed by atoms with Gasteiger partial charge in [-0.05, 0) is 28.4 Å². The Morgan fingerprint density at radius 1 is 1.44 bits per heavy atom. The van der Waals surface area contributed by atoms with Gasteiger partial charge in [-0.2, -0.15) is 5.10 Å². The molecule has 0 unspecified atom stereocenters. The van der Waals surface area contributed by atoms with Gasteiger partial charge in [0.2, 0.25) is 0 Å². The maximum Gasteiger partial charge on any atom is 0.269 e. The maximum absolute atomic E-state index is 10.5. The third-order valence-electron chi connectivity index (χ3n) is 2.57. The number of nitrogens with two attached hydrogens (primary N) is 1. The van der Waals surface area contributed by atoms with Gasteiger partial charge >= 0.3 is 0 Å². The van der Waals surface area contributed by atoms with E-state index >= 15 is 0 Å². The number of aryl methyl sites for hydroxylation is 1. The van der Waals surface area contributed by atoms with Crippen LogP contribution in [0.25, 0.3) is 0 Å². The van der Waals surface area contributed by atoms with Gasteiger partial charge in [-0.25, -0.2) is 4.68 Å². The lowest BCUT2D eigenvalue weighted by molar-refractivity contribution is -0.384. The van der Waals surface area contributed by atoms with Crippen molar-refractivity contribution in [2.45, 2.75) is 13.5 Å².